The standard InChI is InChI=1S/C15H22N2O5S/c1-23(19,20)14-6-4-12(5-7-14)22-10-8-16-15(18)17-11-13-3-2-9-21-13/h4-7,13H,2-3,8-11H2,1H3,(H2,16,17,18). The SMILES string of the molecule is CS(=O)(=O)c1ccc(OCCNC(=O)NCC2CCCO2)cc1. The molecule has 2 amide bonds. The number of carbonyl (C=O) groups excluding carboxylic acids is 1. The number of ether oxygens (including phenoxy) is 2. The van der Waals surface area contributed by atoms with Crippen molar-refractivity contribution < 1.29 is 22.7 Å². The molecule has 1 heterocycles. The molecule has 1 aromatic rings. The Morgan fingerprint density at radius 3 is 2.65 bits per heavy atom. The van der Waals surface area contributed by atoms with Gasteiger partial charge in [0.25, 0.3) is 0 Å². The van der Waals surface area contributed by atoms with Crippen molar-refractivity contribution in [2.45, 2.75) is 23.8 Å². The van der Waals surface area contributed by atoms with E-state index >= 15 is 0 Å². The number of carbonyl (C=O) groups is 1. The molecule has 0 aliphatic carbocycles. The van der Waals surface area contributed by atoms with Crippen LogP contribution in [0.2, 0.25) is 0 Å². The molecule has 1 aliphatic heterocycles. The molecule has 8 heteroatoms. The van der Waals surface area contributed by atoms with Gasteiger partial charge in [-0.05, 0) is 37.1 Å². The maximum absolute atomic E-state index is 11.6. The summed E-state index contributed by atoms with van der Waals surface area (Å²) in [7, 11) is -3.20. The highest BCUT2D eigenvalue weighted by Crippen LogP contribution is 2.15. The molecule has 128 valence electrons. The number of benzene rings is 1. The van der Waals surface area contributed by atoms with Gasteiger partial charge >= 0.3 is 6.03 Å². The van der Waals surface area contributed by atoms with Crippen molar-refractivity contribution in [3.63, 3.8) is 0 Å². The Hall–Kier alpha value is -1.80. The number of urea groups is 1. The molecule has 1 fully saturated rings. The first-order chi connectivity index (χ1) is 10.9. The summed E-state index contributed by atoms with van der Waals surface area (Å²) in [6.45, 7) is 1.93. The number of amides is 2. The maximum atomic E-state index is 11.6. The van der Waals surface area contributed by atoms with Crippen molar-refractivity contribution in [2.75, 3.05) is 32.6 Å². The van der Waals surface area contributed by atoms with Crippen molar-refractivity contribution in [1.29, 1.82) is 0 Å². The van der Waals surface area contributed by atoms with E-state index < -0.39 is 9.84 Å². The number of hydrogen-bond donors (Lipinski definition) is 2. The fourth-order valence-electron chi connectivity index (χ4n) is 2.19. The van der Waals surface area contributed by atoms with E-state index in [-0.39, 0.29) is 17.0 Å². The average molecular weight is 342 g/mol. The second kappa shape index (κ2) is 8.16. The van der Waals surface area contributed by atoms with E-state index in [9.17, 15) is 13.2 Å². The third-order valence-corrected chi connectivity index (χ3v) is 4.55. The summed E-state index contributed by atoms with van der Waals surface area (Å²) in [5.41, 5.74) is 0. The maximum Gasteiger partial charge on any atom is 0.315 e. The lowest BCUT2D eigenvalue weighted by Gasteiger charge is -2.12. The van der Waals surface area contributed by atoms with Gasteiger partial charge in [-0.2, -0.15) is 0 Å². The molecular weight excluding hydrogens is 320 g/mol. The van der Waals surface area contributed by atoms with Gasteiger partial charge in [0.05, 0.1) is 17.5 Å². The second-order valence-electron chi connectivity index (χ2n) is 5.36. The molecule has 2 rings (SSSR count). The van der Waals surface area contributed by atoms with E-state index in [1.807, 2.05) is 0 Å². The first-order valence-electron chi connectivity index (χ1n) is 7.51. The van der Waals surface area contributed by atoms with Gasteiger partial charge in [-0.15, -0.1) is 0 Å². The highest BCUT2D eigenvalue weighted by Gasteiger charge is 2.15. The smallest absolute Gasteiger partial charge is 0.315 e. The lowest BCUT2D eigenvalue weighted by molar-refractivity contribution is 0.111. The van der Waals surface area contributed by atoms with Crippen LogP contribution in [0.1, 0.15) is 12.8 Å². The summed E-state index contributed by atoms with van der Waals surface area (Å²) in [4.78, 5) is 11.8. The number of rotatable bonds is 7. The second-order valence-corrected chi connectivity index (χ2v) is 7.38. The van der Waals surface area contributed by atoms with E-state index in [0.29, 0.717) is 25.4 Å². The Morgan fingerprint density at radius 1 is 1.30 bits per heavy atom. The molecule has 7 nitrogen and oxygen atoms in total. The molecule has 1 aliphatic rings. The predicted molar refractivity (Wildman–Crippen MR) is 85.4 cm³/mol. The summed E-state index contributed by atoms with van der Waals surface area (Å²) in [5.74, 6) is 0.555. The fourth-order valence-corrected chi connectivity index (χ4v) is 2.82. The zero-order valence-electron chi connectivity index (χ0n) is 13.1. The lowest BCUT2D eigenvalue weighted by Crippen LogP contribution is -2.41. The molecule has 1 aromatic carbocycles. The van der Waals surface area contributed by atoms with E-state index in [4.69, 9.17) is 9.47 Å². The molecule has 0 saturated carbocycles. The molecular formula is C15H22N2O5S. The van der Waals surface area contributed by atoms with Crippen LogP contribution in [0, 0.1) is 0 Å². The van der Waals surface area contributed by atoms with Crippen LogP contribution in [0.3, 0.4) is 0 Å². The molecule has 23 heavy (non-hydrogen) atoms. The number of sulfone groups is 1. The van der Waals surface area contributed by atoms with Crippen LogP contribution < -0.4 is 15.4 Å². The Kier molecular flexibility index (Phi) is 6.23. The molecule has 0 bridgehead atoms. The van der Waals surface area contributed by atoms with Gasteiger partial charge in [0.2, 0.25) is 0 Å². The zero-order chi connectivity index (χ0) is 16.7. The third kappa shape index (κ3) is 6.07. The van der Waals surface area contributed by atoms with Gasteiger partial charge in [0.15, 0.2) is 9.84 Å². The van der Waals surface area contributed by atoms with E-state index in [1.54, 1.807) is 12.1 Å². The molecule has 0 aromatic heterocycles. The molecule has 2 N–H and O–H groups in total. The minimum absolute atomic E-state index is 0.116. The number of nitrogens with one attached hydrogen (secondary N) is 2. The van der Waals surface area contributed by atoms with Gasteiger partial charge in [-0.3, -0.25) is 0 Å². The van der Waals surface area contributed by atoms with E-state index in [0.717, 1.165) is 25.7 Å². The van der Waals surface area contributed by atoms with E-state index in [1.165, 1.54) is 12.1 Å². The highest BCUT2D eigenvalue weighted by molar-refractivity contribution is 7.90. The van der Waals surface area contributed by atoms with Crippen LogP contribution in [0.15, 0.2) is 29.2 Å². The number of hydrogen-bond acceptors (Lipinski definition) is 5. The quantitative estimate of drug-likeness (QED) is 0.720. The average Bonchev–Trinajstić information content (AvgIpc) is 3.02. The van der Waals surface area contributed by atoms with Gasteiger partial charge in [-0.1, -0.05) is 0 Å². The molecule has 1 atom stereocenters. The summed E-state index contributed by atoms with van der Waals surface area (Å²) < 4.78 is 33.5. The van der Waals surface area contributed by atoms with Crippen LogP contribution in [-0.4, -0.2) is 53.1 Å². The minimum atomic E-state index is -3.20. The Bertz CT molecular complexity index is 609. The Balaban J connectivity index is 1.62. The Labute approximate surface area is 136 Å². The molecule has 0 spiro atoms. The normalized spacial score (nSPS) is 17.7. The lowest BCUT2D eigenvalue weighted by atomic mass is 10.2. The van der Waals surface area contributed by atoms with Crippen LogP contribution >= 0.6 is 0 Å². The molecule has 1 unspecified atom stereocenters. The van der Waals surface area contributed by atoms with Gasteiger partial charge in [-0.25, -0.2) is 13.2 Å². The van der Waals surface area contributed by atoms with Crippen molar-refractivity contribution in [3.05, 3.63) is 24.3 Å². The van der Waals surface area contributed by atoms with Crippen molar-refractivity contribution in [1.82, 2.24) is 10.6 Å². The molecule has 0 radical (unpaired) electrons. The summed E-state index contributed by atoms with van der Waals surface area (Å²) >= 11 is 0. The van der Waals surface area contributed by atoms with Crippen molar-refractivity contribution in [3.8, 4) is 5.75 Å². The van der Waals surface area contributed by atoms with Crippen LogP contribution in [0.25, 0.3) is 0 Å². The summed E-state index contributed by atoms with van der Waals surface area (Å²) in [6.07, 6.45) is 3.29. The van der Waals surface area contributed by atoms with Crippen molar-refractivity contribution >= 4 is 15.9 Å². The van der Waals surface area contributed by atoms with Crippen LogP contribution in [-0.2, 0) is 14.6 Å². The fraction of sp³-hybridized carbons (Fsp3) is 0.533. The van der Waals surface area contributed by atoms with E-state index in [2.05, 4.69) is 10.6 Å². The first kappa shape index (κ1) is 17.6. The monoisotopic (exact) mass is 342 g/mol. The van der Waals surface area contributed by atoms with Gasteiger partial charge in [0, 0.05) is 19.4 Å². The topological polar surface area (TPSA) is 93.7 Å². The Morgan fingerprint density at radius 2 is 2.04 bits per heavy atom. The third-order valence-electron chi connectivity index (χ3n) is 3.42. The largest absolute Gasteiger partial charge is 0.492 e. The zero-order valence-corrected chi connectivity index (χ0v) is 13.9. The minimum Gasteiger partial charge on any atom is -0.492 e. The molecule has 1 saturated heterocycles. The summed E-state index contributed by atoms with van der Waals surface area (Å²) in [6, 6.07) is 5.91. The van der Waals surface area contributed by atoms with Crippen LogP contribution in [0.4, 0.5) is 4.79 Å². The summed E-state index contributed by atoms with van der Waals surface area (Å²) in [5, 5.41) is 5.44. The van der Waals surface area contributed by atoms with Crippen molar-refractivity contribution in [2.24, 2.45) is 0 Å². The highest BCUT2D eigenvalue weighted by atomic mass is 32.2. The van der Waals surface area contributed by atoms with Gasteiger partial charge in [0.1, 0.15) is 12.4 Å². The predicted octanol–water partition coefficient (Wildman–Crippen LogP) is 0.947. The van der Waals surface area contributed by atoms with Crippen LogP contribution in [0.5, 0.6) is 5.75 Å². The van der Waals surface area contributed by atoms with Gasteiger partial charge < -0.3 is 20.1 Å². The first-order valence-corrected chi connectivity index (χ1v) is 9.40.